The van der Waals surface area contributed by atoms with Crippen molar-refractivity contribution in [2.24, 2.45) is 0 Å². The maximum absolute atomic E-state index is 13.8. The summed E-state index contributed by atoms with van der Waals surface area (Å²) in [5.74, 6) is -0.140. The Hall–Kier alpha value is -0.450. The van der Waals surface area contributed by atoms with E-state index >= 15 is 0 Å². The number of nitrogens with one attached hydrogen (secondary N) is 1. The van der Waals surface area contributed by atoms with E-state index in [4.69, 9.17) is 0 Å². The molecule has 0 bridgehead atoms. The van der Waals surface area contributed by atoms with Crippen LogP contribution in [0.2, 0.25) is 0 Å². The highest BCUT2D eigenvalue weighted by molar-refractivity contribution is 9.10. The van der Waals surface area contributed by atoms with E-state index in [2.05, 4.69) is 33.1 Å². The second-order valence-corrected chi connectivity index (χ2v) is 6.66. The van der Waals surface area contributed by atoms with E-state index in [0.717, 1.165) is 16.6 Å². The molecule has 1 N–H and O–H groups in total. The van der Waals surface area contributed by atoms with E-state index in [1.165, 1.54) is 38.4 Å². The van der Waals surface area contributed by atoms with Gasteiger partial charge in [0.1, 0.15) is 5.82 Å². The second-order valence-electron chi connectivity index (χ2n) is 5.74. The first kappa shape index (κ1) is 15.9. The van der Waals surface area contributed by atoms with Crippen molar-refractivity contribution in [1.29, 1.82) is 0 Å². The molecule has 0 aliphatic carbocycles. The predicted molar refractivity (Wildman–Crippen MR) is 85.4 cm³/mol. The predicted octanol–water partition coefficient (Wildman–Crippen LogP) is 4.11. The van der Waals surface area contributed by atoms with Crippen LogP contribution >= 0.6 is 15.9 Å². The summed E-state index contributed by atoms with van der Waals surface area (Å²) in [4.78, 5) is 2.53. The highest BCUT2D eigenvalue weighted by Crippen LogP contribution is 2.21. The first-order valence-corrected chi connectivity index (χ1v) is 8.29. The fourth-order valence-corrected chi connectivity index (χ4v) is 3.17. The van der Waals surface area contributed by atoms with Gasteiger partial charge in [-0.2, -0.15) is 0 Å². The molecule has 4 heteroatoms. The van der Waals surface area contributed by atoms with Gasteiger partial charge in [-0.05, 0) is 58.0 Å². The van der Waals surface area contributed by atoms with Crippen LogP contribution in [0.3, 0.4) is 0 Å². The van der Waals surface area contributed by atoms with Crippen LogP contribution in [0.1, 0.15) is 44.7 Å². The van der Waals surface area contributed by atoms with Gasteiger partial charge in [0, 0.05) is 28.7 Å². The lowest BCUT2D eigenvalue weighted by Crippen LogP contribution is -2.43. The molecule has 1 heterocycles. The molecular weight excluding hydrogens is 319 g/mol. The Morgan fingerprint density at radius 3 is 2.65 bits per heavy atom. The second kappa shape index (κ2) is 7.53. The van der Waals surface area contributed by atoms with E-state index < -0.39 is 0 Å². The van der Waals surface area contributed by atoms with Gasteiger partial charge >= 0.3 is 0 Å². The molecule has 2 rings (SSSR count). The minimum absolute atomic E-state index is 0.0275. The lowest BCUT2D eigenvalue weighted by molar-refractivity contribution is 0.168. The lowest BCUT2D eigenvalue weighted by atomic mass is 10.1. The van der Waals surface area contributed by atoms with Gasteiger partial charge in [0.25, 0.3) is 0 Å². The highest BCUT2D eigenvalue weighted by Gasteiger charge is 2.18. The van der Waals surface area contributed by atoms with Crippen molar-refractivity contribution in [3.63, 3.8) is 0 Å². The summed E-state index contributed by atoms with van der Waals surface area (Å²) >= 11 is 3.40. The first-order valence-electron chi connectivity index (χ1n) is 7.50. The number of likely N-dealkylation sites (tertiary alicyclic amines) is 1. The van der Waals surface area contributed by atoms with Gasteiger partial charge in [0.05, 0.1) is 0 Å². The number of hydrogen-bond acceptors (Lipinski definition) is 2. The Bertz CT molecular complexity index is 432. The monoisotopic (exact) mass is 342 g/mol. The van der Waals surface area contributed by atoms with Crippen LogP contribution in [0, 0.1) is 5.82 Å². The normalized spacial score (nSPS) is 19.8. The highest BCUT2D eigenvalue weighted by atomic mass is 79.9. The van der Waals surface area contributed by atoms with Crippen LogP contribution in [0.15, 0.2) is 22.7 Å². The Morgan fingerprint density at radius 2 is 1.95 bits per heavy atom. The Morgan fingerprint density at radius 1 is 1.25 bits per heavy atom. The minimum atomic E-state index is -0.140. The van der Waals surface area contributed by atoms with E-state index in [-0.39, 0.29) is 11.9 Å². The average Bonchev–Trinajstić information content (AvgIpc) is 2.47. The third-order valence-corrected chi connectivity index (χ3v) is 4.65. The number of rotatable bonds is 5. The van der Waals surface area contributed by atoms with Crippen LogP contribution in [0.25, 0.3) is 0 Å². The van der Waals surface area contributed by atoms with Crippen molar-refractivity contribution in [2.75, 3.05) is 19.6 Å². The molecular formula is C16H24BrFN2. The molecule has 0 saturated carbocycles. The van der Waals surface area contributed by atoms with Crippen molar-refractivity contribution in [1.82, 2.24) is 10.2 Å². The Kier molecular flexibility index (Phi) is 6.00. The summed E-state index contributed by atoms with van der Waals surface area (Å²) in [7, 11) is 0. The molecule has 2 atom stereocenters. The molecule has 1 fully saturated rings. The molecule has 0 radical (unpaired) electrons. The van der Waals surface area contributed by atoms with Gasteiger partial charge in [-0.25, -0.2) is 4.39 Å². The van der Waals surface area contributed by atoms with Gasteiger partial charge in [-0.3, -0.25) is 4.90 Å². The number of halogens is 2. The molecule has 1 aliphatic heterocycles. The molecule has 0 amide bonds. The fourth-order valence-electron chi connectivity index (χ4n) is 2.79. The summed E-state index contributed by atoms with van der Waals surface area (Å²) in [6, 6.07) is 5.65. The Labute approximate surface area is 129 Å². The average molecular weight is 343 g/mol. The summed E-state index contributed by atoms with van der Waals surface area (Å²) in [6.45, 7) is 7.56. The summed E-state index contributed by atoms with van der Waals surface area (Å²) in [5, 5.41) is 3.46. The van der Waals surface area contributed by atoms with Crippen LogP contribution in [-0.2, 0) is 0 Å². The number of piperidine rings is 1. The van der Waals surface area contributed by atoms with E-state index in [1.54, 1.807) is 6.07 Å². The molecule has 1 aromatic rings. The van der Waals surface area contributed by atoms with Crippen LogP contribution < -0.4 is 5.32 Å². The number of benzene rings is 1. The third-order valence-electron chi connectivity index (χ3n) is 4.16. The minimum Gasteiger partial charge on any atom is -0.309 e. The maximum atomic E-state index is 13.8. The van der Waals surface area contributed by atoms with Crippen LogP contribution in [0.4, 0.5) is 4.39 Å². The molecule has 0 spiro atoms. The van der Waals surface area contributed by atoms with Gasteiger partial charge in [-0.1, -0.05) is 22.4 Å². The fraction of sp³-hybridized carbons (Fsp3) is 0.625. The summed E-state index contributed by atoms with van der Waals surface area (Å²) < 4.78 is 14.8. The van der Waals surface area contributed by atoms with Crippen molar-refractivity contribution in [3.05, 3.63) is 34.1 Å². The van der Waals surface area contributed by atoms with Crippen LogP contribution in [0.5, 0.6) is 0 Å². The zero-order valence-corrected chi connectivity index (χ0v) is 13.9. The summed E-state index contributed by atoms with van der Waals surface area (Å²) in [5.41, 5.74) is 0.727. The van der Waals surface area contributed by atoms with E-state index in [9.17, 15) is 4.39 Å². The molecule has 20 heavy (non-hydrogen) atoms. The zero-order valence-electron chi connectivity index (χ0n) is 12.3. The van der Waals surface area contributed by atoms with Crippen molar-refractivity contribution in [2.45, 2.75) is 45.2 Å². The number of nitrogens with zero attached hydrogens (tertiary/aromatic N) is 1. The van der Waals surface area contributed by atoms with Crippen molar-refractivity contribution in [3.8, 4) is 0 Å². The Balaban J connectivity index is 1.87. The molecule has 1 aromatic carbocycles. The summed E-state index contributed by atoms with van der Waals surface area (Å²) in [6.07, 6.45) is 3.97. The third kappa shape index (κ3) is 4.27. The van der Waals surface area contributed by atoms with Gasteiger partial charge in [0.2, 0.25) is 0 Å². The topological polar surface area (TPSA) is 15.3 Å². The van der Waals surface area contributed by atoms with E-state index in [0.29, 0.717) is 6.04 Å². The van der Waals surface area contributed by atoms with Gasteiger partial charge in [0.15, 0.2) is 0 Å². The molecule has 0 aromatic heterocycles. The van der Waals surface area contributed by atoms with Crippen LogP contribution in [-0.4, -0.2) is 30.6 Å². The zero-order chi connectivity index (χ0) is 14.5. The van der Waals surface area contributed by atoms with Gasteiger partial charge in [-0.15, -0.1) is 0 Å². The molecule has 2 nitrogen and oxygen atoms in total. The largest absolute Gasteiger partial charge is 0.309 e. The van der Waals surface area contributed by atoms with E-state index in [1.807, 2.05) is 13.0 Å². The first-order chi connectivity index (χ1) is 9.58. The molecule has 1 saturated heterocycles. The molecule has 112 valence electrons. The SMILES string of the molecule is CC(NCC(C)N1CCCCC1)c1cc(Br)ccc1F. The van der Waals surface area contributed by atoms with Crippen molar-refractivity contribution < 1.29 is 4.39 Å². The van der Waals surface area contributed by atoms with Crippen molar-refractivity contribution >= 4 is 15.9 Å². The molecule has 1 aliphatic rings. The number of hydrogen-bond donors (Lipinski definition) is 1. The standard InChI is InChI=1S/C16H24BrFN2/c1-12(20-8-4-3-5-9-20)11-19-13(2)15-10-14(17)6-7-16(15)18/h6-7,10,12-13,19H,3-5,8-9,11H2,1-2H3. The quantitative estimate of drug-likeness (QED) is 0.865. The molecule has 2 unspecified atom stereocenters. The van der Waals surface area contributed by atoms with Gasteiger partial charge < -0.3 is 5.32 Å². The smallest absolute Gasteiger partial charge is 0.128 e. The maximum Gasteiger partial charge on any atom is 0.128 e. The lowest BCUT2D eigenvalue weighted by Gasteiger charge is -2.33.